The normalized spacial score (nSPS) is 11.6. The molecule has 0 aliphatic heterocycles. The molecule has 0 bridgehead atoms. The first-order chi connectivity index (χ1) is 11.9. The zero-order valence-electron chi connectivity index (χ0n) is 13.6. The summed E-state index contributed by atoms with van der Waals surface area (Å²) in [5.74, 6) is -2.42. The molecule has 0 heterocycles. The Morgan fingerprint density at radius 2 is 1.72 bits per heavy atom. The van der Waals surface area contributed by atoms with E-state index in [1.807, 2.05) is 0 Å². The van der Waals surface area contributed by atoms with Gasteiger partial charge in [0, 0.05) is 12.0 Å². The summed E-state index contributed by atoms with van der Waals surface area (Å²) in [4.78, 5) is 23.6. The maximum Gasteiger partial charge on any atom is 0.240 e. The van der Waals surface area contributed by atoms with Crippen molar-refractivity contribution in [1.29, 1.82) is 0 Å². The van der Waals surface area contributed by atoms with Gasteiger partial charge < -0.3 is 15.8 Å². The minimum atomic E-state index is -0.990. The predicted octanol–water partition coefficient (Wildman–Crippen LogP) is 1.73. The van der Waals surface area contributed by atoms with Gasteiger partial charge in [0.05, 0.1) is 13.5 Å². The molecule has 2 amide bonds. The number of hydrogen-bond donors (Lipinski definition) is 2. The summed E-state index contributed by atoms with van der Waals surface area (Å²) in [7, 11) is 1.53. The van der Waals surface area contributed by atoms with E-state index in [0.29, 0.717) is 5.75 Å². The van der Waals surface area contributed by atoms with Gasteiger partial charge >= 0.3 is 0 Å². The SMILES string of the molecule is COc1ccc(C[C@@H](NC(=O)Cc2c(F)cccc2F)C(N)=O)cc1. The smallest absolute Gasteiger partial charge is 0.240 e. The highest BCUT2D eigenvalue weighted by atomic mass is 19.1. The van der Waals surface area contributed by atoms with Gasteiger partial charge in [0.2, 0.25) is 11.8 Å². The number of nitrogens with two attached hydrogens (primary N) is 1. The van der Waals surface area contributed by atoms with Crippen LogP contribution in [-0.2, 0) is 22.4 Å². The number of amides is 2. The quantitative estimate of drug-likeness (QED) is 0.800. The van der Waals surface area contributed by atoms with E-state index < -0.39 is 35.9 Å². The molecule has 2 rings (SSSR count). The van der Waals surface area contributed by atoms with Crippen LogP contribution < -0.4 is 15.8 Å². The molecule has 0 aliphatic rings. The third-order valence-electron chi connectivity index (χ3n) is 3.68. The topological polar surface area (TPSA) is 81.4 Å². The molecule has 0 unspecified atom stereocenters. The van der Waals surface area contributed by atoms with Gasteiger partial charge in [-0.3, -0.25) is 9.59 Å². The van der Waals surface area contributed by atoms with Crippen molar-refractivity contribution < 1.29 is 23.1 Å². The molecule has 0 radical (unpaired) electrons. The van der Waals surface area contributed by atoms with Crippen molar-refractivity contribution in [3.63, 3.8) is 0 Å². The molecule has 0 spiro atoms. The van der Waals surface area contributed by atoms with Crippen LogP contribution in [0.4, 0.5) is 8.78 Å². The van der Waals surface area contributed by atoms with Crippen LogP contribution in [0, 0.1) is 11.6 Å². The summed E-state index contributed by atoms with van der Waals surface area (Å²) in [6.07, 6.45) is -0.365. The molecule has 0 aliphatic carbocycles. The number of benzene rings is 2. The van der Waals surface area contributed by atoms with Gasteiger partial charge in [-0.2, -0.15) is 0 Å². The van der Waals surface area contributed by atoms with Crippen LogP contribution >= 0.6 is 0 Å². The first-order valence-corrected chi connectivity index (χ1v) is 7.55. The Labute approximate surface area is 143 Å². The maximum absolute atomic E-state index is 13.6. The van der Waals surface area contributed by atoms with Crippen molar-refractivity contribution >= 4 is 11.8 Å². The van der Waals surface area contributed by atoms with Gasteiger partial charge in [-0.1, -0.05) is 18.2 Å². The Morgan fingerprint density at radius 1 is 1.12 bits per heavy atom. The first-order valence-electron chi connectivity index (χ1n) is 7.55. The third-order valence-corrected chi connectivity index (χ3v) is 3.68. The Hall–Kier alpha value is -2.96. The van der Waals surface area contributed by atoms with Crippen LogP contribution in [0.25, 0.3) is 0 Å². The average Bonchev–Trinajstić information content (AvgIpc) is 2.58. The van der Waals surface area contributed by atoms with E-state index in [4.69, 9.17) is 10.5 Å². The summed E-state index contributed by atoms with van der Waals surface area (Å²) in [5, 5.41) is 2.42. The second-order valence-corrected chi connectivity index (χ2v) is 5.45. The molecule has 0 saturated carbocycles. The molecule has 0 aromatic heterocycles. The number of carbonyl (C=O) groups excluding carboxylic acids is 2. The molecule has 7 heteroatoms. The molecule has 1 atom stereocenters. The van der Waals surface area contributed by atoms with Gasteiger partial charge in [0.25, 0.3) is 0 Å². The minimum Gasteiger partial charge on any atom is -0.497 e. The number of ether oxygens (including phenoxy) is 1. The second-order valence-electron chi connectivity index (χ2n) is 5.45. The summed E-state index contributed by atoms with van der Waals surface area (Å²) < 4.78 is 32.2. The Kier molecular flexibility index (Phi) is 6.05. The fourth-order valence-electron chi connectivity index (χ4n) is 2.33. The van der Waals surface area contributed by atoms with Crippen molar-refractivity contribution in [3.8, 4) is 5.75 Å². The lowest BCUT2D eigenvalue weighted by molar-refractivity contribution is -0.127. The van der Waals surface area contributed by atoms with Crippen LogP contribution in [0.1, 0.15) is 11.1 Å². The van der Waals surface area contributed by atoms with Crippen LogP contribution in [0.15, 0.2) is 42.5 Å². The number of methoxy groups -OCH3 is 1. The fraction of sp³-hybridized carbons (Fsp3) is 0.222. The molecule has 25 heavy (non-hydrogen) atoms. The highest BCUT2D eigenvalue weighted by Gasteiger charge is 2.20. The zero-order chi connectivity index (χ0) is 18.4. The number of rotatable bonds is 7. The van der Waals surface area contributed by atoms with E-state index in [1.165, 1.54) is 13.2 Å². The lowest BCUT2D eigenvalue weighted by Crippen LogP contribution is -2.46. The number of primary amides is 1. The number of nitrogens with one attached hydrogen (secondary N) is 1. The van der Waals surface area contributed by atoms with Crippen molar-refractivity contribution in [1.82, 2.24) is 5.32 Å². The molecule has 3 N–H and O–H groups in total. The number of hydrogen-bond acceptors (Lipinski definition) is 3. The minimum absolute atomic E-state index is 0.158. The maximum atomic E-state index is 13.6. The molecular formula is C18H18F2N2O3. The number of carbonyl (C=O) groups is 2. The fourth-order valence-corrected chi connectivity index (χ4v) is 2.33. The molecule has 0 fully saturated rings. The van der Waals surface area contributed by atoms with E-state index >= 15 is 0 Å². The van der Waals surface area contributed by atoms with Crippen LogP contribution in [0.5, 0.6) is 5.75 Å². The van der Waals surface area contributed by atoms with Gasteiger partial charge in [0.1, 0.15) is 23.4 Å². The van der Waals surface area contributed by atoms with Crippen LogP contribution in [0.2, 0.25) is 0 Å². The Balaban J connectivity index is 2.05. The summed E-state index contributed by atoms with van der Waals surface area (Å²) in [5.41, 5.74) is 5.71. The van der Waals surface area contributed by atoms with E-state index in [-0.39, 0.29) is 12.0 Å². The van der Waals surface area contributed by atoms with Crippen LogP contribution in [0.3, 0.4) is 0 Å². The predicted molar refractivity (Wildman–Crippen MR) is 87.9 cm³/mol. The lowest BCUT2D eigenvalue weighted by Gasteiger charge is -2.16. The summed E-state index contributed by atoms with van der Waals surface area (Å²) in [6.45, 7) is 0. The van der Waals surface area contributed by atoms with E-state index in [1.54, 1.807) is 24.3 Å². The Bertz CT molecular complexity index is 743. The van der Waals surface area contributed by atoms with Crippen LogP contribution in [-0.4, -0.2) is 25.0 Å². The summed E-state index contributed by atoms with van der Waals surface area (Å²) >= 11 is 0. The van der Waals surface area contributed by atoms with E-state index in [0.717, 1.165) is 17.7 Å². The van der Waals surface area contributed by atoms with E-state index in [2.05, 4.69) is 5.32 Å². The lowest BCUT2D eigenvalue weighted by atomic mass is 10.0. The zero-order valence-corrected chi connectivity index (χ0v) is 13.6. The Morgan fingerprint density at radius 3 is 2.24 bits per heavy atom. The van der Waals surface area contributed by atoms with Gasteiger partial charge in [-0.05, 0) is 29.8 Å². The molecular weight excluding hydrogens is 330 g/mol. The van der Waals surface area contributed by atoms with Gasteiger partial charge in [0.15, 0.2) is 0 Å². The summed E-state index contributed by atoms with van der Waals surface area (Å²) in [6, 6.07) is 9.24. The average molecular weight is 348 g/mol. The standard InChI is InChI=1S/C18H18F2N2O3/c1-25-12-7-5-11(6-8-12)9-16(18(21)24)22-17(23)10-13-14(19)3-2-4-15(13)20/h2-8,16H,9-10H2,1H3,(H2,21,24)(H,22,23)/t16-/m1/s1. The molecule has 5 nitrogen and oxygen atoms in total. The second kappa shape index (κ2) is 8.23. The largest absolute Gasteiger partial charge is 0.497 e. The number of halogens is 2. The van der Waals surface area contributed by atoms with Crippen molar-refractivity contribution in [3.05, 3.63) is 65.2 Å². The van der Waals surface area contributed by atoms with Crippen molar-refractivity contribution in [2.24, 2.45) is 5.73 Å². The molecule has 0 saturated heterocycles. The van der Waals surface area contributed by atoms with Crippen molar-refractivity contribution in [2.75, 3.05) is 7.11 Å². The van der Waals surface area contributed by atoms with Crippen molar-refractivity contribution in [2.45, 2.75) is 18.9 Å². The monoisotopic (exact) mass is 348 g/mol. The highest BCUT2D eigenvalue weighted by molar-refractivity contribution is 5.87. The van der Waals surface area contributed by atoms with E-state index in [9.17, 15) is 18.4 Å². The highest BCUT2D eigenvalue weighted by Crippen LogP contribution is 2.14. The third kappa shape index (κ3) is 5.00. The van der Waals surface area contributed by atoms with Gasteiger partial charge in [-0.15, -0.1) is 0 Å². The molecule has 2 aromatic rings. The molecule has 2 aromatic carbocycles. The first kappa shape index (κ1) is 18.4. The van der Waals surface area contributed by atoms with Gasteiger partial charge in [-0.25, -0.2) is 8.78 Å². The molecule has 132 valence electrons.